The fraction of sp³-hybridized carbons (Fsp3) is 0.219. The number of carbonyl (C=O) groups is 1. The Kier molecular flexibility index (Phi) is 8.41. The summed E-state index contributed by atoms with van der Waals surface area (Å²) in [5, 5.41) is 9.33. The van der Waals surface area contributed by atoms with Gasteiger partial charge in [0.15, 0.2) is 0 Å². The lowest BCUT2D eigenvalue weighted by molar-refractivity contribution is -0.137. The van der Waals surface area contributed by atoms with Gasteiger partial charge >= 0.3 is 6.18 Å². The average Bonchev–Trinajstić information content (AvgIpc) is 3.00. The number of ether oxygens (including phenoxy) is 1. The van der Waals surface area contributed by atoms with Crippen molar-refractivity contribution >= 4 is 5.91 Å². The van der Waals surface area contributed by atoms with Crippen LogP contribution in [0.1, 0.15) is 32.8 Å². The van der Waals surface area contributed by atoms with Crippen molar-refractivity contribution in [1.29, 1.82) is 5.26 Å². The van der Waals surface area contributed by atoms with Gasteiger partial charge in [-0.05, 0) is 41.0 Å². The molecule has 7 nitrogen and oxygen atoms in total. The third-order valence-corrected chi connectivity index (χ3v) is 7.03. The highest BCUT2D eigenvalue weighted by Gasteiger charge is 2.31. The Labute approximate surface area is 240 Å². The predicted molar refractivity (Wildman–Crippen MR) is 149 cm³/mol. The molecule has 0 spiro atoms. The smallest absolute Gasteiger partial charge is 0.416 e. The summed E-state index contributed by atoms with van der Waals surface area (Å²) in [5.74, 6) is 0.0649. The molecule has 0 N–H and O–H groups in total. The van der Waals surface area contributed by atoms with Crippen LogP contribution in [0.15, 0.2) is 94.3 Å². The maximum atomic E-state index is 13.0. The highest BCUT2D eigenvalue weighted by Crippen LogP contribution is 2.30. The van der Waals surface area contributed by atoms with E-state index in [1.54, 1.807) is 6.07 Å². The number of carbonyl (C=O) groups excluding carboxylic acids is 1. The van der Waals surface area contributed by atoms with Crippen LogP contribution >= 0.6 is 0 Å². The summed E-state index contributed by atoms with van der Waals surface area (Å²) < 4.78 is 50.4. The molecule has 1 aromatic heterocycles. The van der Waals surface area contributed by atoms with Crippen LogP contribution in [-0.2, 0) is 19.3 Å². The summed E-state index contributed by atoms with van der Waals surface area (Å²) in [5.41, 5.74) is 1.99. The Morgan fingerprint density at radius 2 is 1.69 bits per heavy atom. The van der Waals surface area contributed by atoms with Gasteiger partial charge in [-0.1, -0.05) is 48.5 Å². The van der Waals surface area contributed by atoms with Crippen molar-refractivity contribution in [2.24, 2.45) is 0 Å². The Hall–Kier alpha value is -4.88. The third kappa shape index (κ3) is 6.70. The zero-order valence-electron chi connectivity index (χ0n) is 22.4. The number of nitriles is 1. The van der Waals surface area contributed by atoms with Crippen LogP contribution in [0.25, 0.3) is 11.1 Å². The molecular formula is C32H26F3N3O4. The molecule has 5 rings (SSSR count). The van der Waals surface area contributed by atoms with Gasteiger partial charge in [0.1, 0.15) is 18.6 Å². The topological polar surface area (TPSA) is 86.8 Å². The van der Waals surface area contributed by atoms with Crippen LogP contribution in [0.4, 0.5) is 13.2 Å². The summed E-state index contributed by atoms with van der Waals surface area (Å²) in [4.78, 5) is 28.9. The number of benzene rings is 3. The van der Waals surface area contributed by atoms with Crippen molar-refractivity contribution in [3.05, 3.63) is 123 Å². The van der Waals surface area contributed by atoms with Crippen molar-refractivity contribution in [2.45, 2.75) is 19.3 Å². The van der Waals surface area contributed by atoms with E-state index in [1.165, 1.54) is 29.4 Å². The minimum absolute atomic E-state index is 0.000123. The largest absolute Gasteiger partial charge is 0.482 e. The lowest BCUT2D eigenvalue weighted by Crippen LogP contribution is -2.48. The molecule has 0 radical (unpaired) electrons. The van der Waals surface area contributed by atoms with E-state index in [4.69, 9.17) is 9.15 Å². The van der Waals surface area contributed by atoms with Crippen molar-refractivity contribution in [1.82, 2.24) is 9.80 Å². The van der Waals surface area contributed by atoms with Crippen molar-refractivity contribution < 1.29 is 27.1 Å². The van der Waals surface area contributed by atoms with E-state index in [0.29, 0.717) is 44.0 Å². The second-order valence-electron chi connectivity index (χ2n) is 9.86. The minimum Gasteiger partial charge on any atom is -0.482 e. The Morgan fingerprint density at radius 3 is 2.38 bits per heavy atom. The van der Waals surface area contributed by atoms with Crippen molar-refractivity contribution in [2.75, 3.05) is 26.2 Å². The van der Waals surface area contributed by atoms with E-state index >= 15 is 0 Å². The summed E-state index contributed by atoms with van der Waals surface area (Å²) in [6.07, 6.45) is -3.24. The Balaban J connectivity index is 1.13. The lowest BCUT2D eigenvalue weighted by Gasteiger charge is -2.34. The fourth-order valence-electron chi connectivity index (χ4n) is 4.74. The number of hydrogen-bond donors (Lipinski definition) is 0. The molecule has 0 aliphatic carbocycles. The van der Waals surface area contributed by atoms with E-state index in [-0.39, 0.29) is 23.3 Å². The first kappa shape index (κ1) is 28.6. The molecule has 1 saturated heterocycles. The number of nitrogens with zero attached hydrogens (tertiary/aromatic N) is 3. The lowest BCUT2D eigenvalue weighted by atomic mass is 9.99. The fourth-order valence-corrected chi connectivity index (χ4v) is 4.74. The third-order valence-electron chi connectivity index (χ3n) is 7.03. The number of halogens is 3. The molecule has 1 amide bonds. The number of piperazine rings is 1. The van der Waals surface area contributed by atoms with Gasteiger partial charge in [0, 0.05) is 37.8 Å². The van der Waals surface area contributed by atoms with E-state index in [9.17, 15) is 28.0 Å². The number of alkyl halides is 3. The molecule has 0 unspecified atom stereocenters. The summed E-state index contributed by atoms with van der Waals surface area (Å²) in [7, 11) is 0. The van der Waals surface area contributed by atoms with Crippen LogP contribution in [-0.4, -0.2) is 41.9 Å². The quantitative estimate of drug-likeness (QED) is 0.281. The first-order valence-electron chi connectivity index (χ1n) is 13.2. The SMILES string of the molecule is N#Cc1ccccc1-c1ccc(COc2coc(CN3CCN(C(=O)c4cccc(C(F)(F)F)c4)CC3)cc2=O)cc1. The first-order valence-corrected chi connectivity index (χ1v) is 13.2. The maximum absolute atomic E-state index is 13.0. The van der Waals surface area contributed by atoms with E-state index < -0.39 is 17.6 Å². The second kappa shape index (κ2) is 12.3. The molecule has 10 heteroatoms. The molecular weight excluding hydrogens is 547 g/mol. The minimum atomic E-state index is -4.52. The Bertz CT molecular complexity index is 1670. The monoisotopic (exact) mass is 573 g/mol. The summed E-state index contributed by atoms with van der Waals surface area (Å²) >= 11 is 0. The molecule has 3 aromatic carbocycles. The van der Waals surface area contributed by atoms with Gasteiger partial charge in [-0.25, -0.2) is 0 Å². The molecule has 0 saturated carbocycles. The molecule has 4 aromatic rings. The zero-order valence-corrected chi connectivity index (χ0v) is 22.4. The molecule has 42 heavy (non-hydrogen) atoms. The molecule has 0 atom stereocenters. The van der Waals surface area contributed by atoms with Gasteiger partial charge in [0.25, 0.3) is 5.91 Å². The highest BCUT2D eigenvalue weighted by molar-refractivity contribution is 5.94. The highest BCUT2D eigenvalue weighted by atomic mass is 19.4. The van der Waals surface area contributed by atoms with Gasteiger partial charge in [-0.3, -0.25) is 14.5 Å². The van der Waals surface area contributed by atoms with Gasteiger partial charge in [0.2, 0.25) is 11.2 Å². The number of rotatable bonds is 7. The molecule has 1 aliphatic heterocycles. The van der Waals surface area contributed by atoms with Gasteiger partial charge in [0.05, 0.1) is 23.7 Å². The number of amides is 1. The maximum Gasteiger partial charge on any atom is 0.416 e. The van der Waals surface area contributed by atoms with Gasteiger partial charge in [-0.2, -0.15) is 18.4 Å². The van der Waals surface area contributed by atoms with Crippen LogP contribution in [0.2, 0.25) is 0 Å². The second-order valence-corrected chi connectivity index (χ2v) is 9.86. The Morgan fingerprint density at radius 1 is 0.952 bits per heavy atom. The molecule has 0 bridgehead atoms. The predicted octanol–water partition coefficient (Wildman–Crippen LogP) is 5.73. The van der Waals surface area contributed by atoms with Crippen LogP contribution in [0.3, 0.4) is 0 Å². The van der Waals surface area contributed by atoms with Gasteiger partial charge < -0.3 is 14.1 Å². The van der Waals surface area contributed by atoms with Crippen LogP contribution in [0.5, 0.6) is 5.75 Å². The van der Waals surface area contributed by atoms with Crippen LogP contribution in [0, 0.1) is 11.3 Å². The van der Waals surface area contributed by atoms with E-state index in [2.05, 4.69) is 6.07 Å². The van der Waals surface area contributed by atoms with Crippen LogP contribution < -0.4 is 10.2 Å². The standard InChI is InChI=1S/C32H26F3N3O4/c33-32(34,35)26-6-3-5-24(16-26)31(40)38-14-12-37(13-15-38)19-27-17-29(39)30(21-41-27)42-20-22-8-10-23(11-9-22)28-7-2-1-4-25(28)18-36/h1-11,16-17,21H,12-15,19-20H2. The zero-order chi connectivity index (χ0) is 29.7. The molecule has 1 aliphatic rings. The van der Waals surface area contributed by atoms with Crippen molar-refractivity contribution in [3.63, 3.8) is 0 Å². The summed E-state index contributed by atoms with van der Waals surface area (Å²) in [6, 6.07) is 22.9. The molecule has 1 fully saturated rings. The normalized spacial score (nSPS) is 13.9. The average molecular weight is 574 g/mol. The van der Waals surface area contributed by atoms with Gasteiger partial charge in [-0.15, -0.1) is 0 Å². The van der Waals surface area contributed by atoms with E-state index in [0.717, 1.165) is 28.8 Å². The van der Waals surface area contributed by atoms with E-state index in [1.807, 2.05) is 47.4 Å². The first-order chi connectivity index (χ1) is 20.2. The summed E-state index contributed by atoms with van der Waals surface area (Å²) in [6.45, 7) is 2.12. The molecule has 214 valence electrons. The van der Waals surface area contributed by atoms with Crippen molar-refractivity contribution in [3.8, 4) is 22.9 Å². The number of hydrogen-bond acceptors (Lipinski definition) is 6. The molecule has 2 heterocycles.